The molecule has 0 saturated carbocycles. The largest absolute Gasteiger partial charge is 0.493 e. The Hall–Kier alpha value is -4.55. The average molecular weight is 572 g/mol. The van der Waals surface area contributed by atoms with Gasteiger partial charge in [-0.25, -0.2) is 0 Å². The molecule has 5 aromatic rings. The van der Waals surface area contributed by atoms with Crippen LogP contribution in [0.5, 0.6) is 5.75 Å². The number of benzene rings is 4. The Kier molecular flexibility index (Phi) is 7.26. The highest BCUT2D eigenvalue weighted by Gasteiger charge is 2.31. The van der Waals surface area contributed by atoms with E-state index in [1.165, 1.54) is 11.8 Å². The molecule has 0 saturated heterocycles. The van der Waals surface area contributed by atoms with Crippen LogP contribution < -0.4 is 10.1 Å². The number of hydrogen-bond donors (Lipinski definition) is 2. The minimum absolute atomic E-state index is 0.0435. The van der Waals surface area contributed by atoms with Gasteiger partial charge in [0.25, 0.3) is 0 Å². The van der Waals surface area contributed by atoms with Crippen LogP contribution >= 0.6 is 0 Å². The molecule has 4 aromatic carbocycles. The van der Waals surface area contributed by atoms with Crippen molar-refractivity contribution in [3.8, 4) is 28.0 Å². The molecular formula is C37H37N3O3. The molecule has 0 fully saturated rings. The van der Waals surface area contributed by atoms with E-state index in [1.54, 1.807) is 6.92 Å². The fraction of sp³-hybridized carbons (Fsp3) is 0.270. The van der Waals surface area contributed by atoms with Gasteiger partial charge in [0.2, 0.25) is 0 Å². The van der Waals surface area contributed by atoms with E-state index in [9.17, 15) is 4.79 Å². The van der Waals surface area contributed by atoms with E-state index < -0.39 is 11.7 Å². The summed E-state index contributed by atoms with van der Waals surface area (Å²) in [6.45, 7) is 10.3. The van der Waals surface area contributed by atoms with Crippen LogP contribution in [0.25, 0.3) is 43.9 Å². The number of aryl methyl sites for hydroxylation is 1. The molecule has 2 N–H and O–H groups in total. The second kappa shape index (κ2) is 10.9. The lowest BCUT2D eigenvalue weighted by Gasteiger charge is -2.30. The van der Waals surface area contributed by atoms with Crippen LogP contribution in [0.1, 0.15) is 56.1 Å². The highest BCUT2D eigenvalue weighted by atomic mass is 16.5. The summed E-state index contributed by atoms with van der Waals surface area (Å²) in [5, 5.41) is 14.1. The highest BCUT2D eigenvalue weighted by molar-refractivity contribution is 6.09. The van der Waals surface area contributed by atoms with Gasteiger partial charge >= 0.3 is 0 Å². The van der Waals surface area contributed by atoms with Gasteiger partial charge in [-0.3, -0.25) is 9.78 Å². The Labute approximate surface area is 252 Å². The van der Waals surface area contributed by atoms with Crippen LogP contribution in [0.2, 0.25) is 0 Å². The van der Waals surface area contributed by atoms with Crippen molar-refractivity contribution in [2.24, 2.45) is 0 Å². The molecule has 43 heavy (non-hydrogen) atoms. The molecule has 1 unspecified atom stereocenters. The molecule has 1 aliphatic rings. The molecule has 6 nitrogen and oxygen atoms in total. The van der Waals surface area contributed by atoms with E-state index in [4.69, 9.17) is 19.9 Å². The number of fused-ring (bicyclic) bond motifs is 1. The van der Waals surface area contributed by atoms with E-state index in [0.29, 0.717) is 6.61 Å². The first-order valence-electron chi connectivity index (χ1n) is 14.7. The normalized spacial score (nSPS) is 13.5. The number of anilines is 1. The molecule has 1 atom stereocenters. The van der Waals surface area contributed by atoms with Crippen molar-refractivity contribution < 1.29 is 14.3 Å². The molecule has 0 amide bonds. The Morgan fingerprint density at radius 3 is 2.56 bits per heavy atom. The first kappa shape index (κ1) is 28.6. The van der Waals surface area contributed by atoms with Crippen molar-refractivity contribution >= 4 is 39.4 Å². The number of carbonyl (C=O) groups excluding carboxylic acids is 1. The van der Waals surface area contributed by atoms with Crippen LogP contribution in [0.15, 0.2) is 66.9 Å². The summed E-state index contributed by atoms with van der Waals surface area (Å²) in [7, 11) is 1.86. The fourth-order valence-electron chi connectivity index (χ4n) is 6.26. The number of Topliss-reactive ketones (excluding diaryl/α,β-unsaturated/α-hetero) is 1. The van der Waals surface area contributed by atoms with Gasteiger partial charge in [-0.05, 0) is 115 Å². The van der Waals surface area contributed by atoms with Crippen LogP contribution in [0.4, 0.5) is 5.69 Å². The van der Waals surface area contributed by atoms with Crippen molar-refractivity contribution in [1.29, 1.82) is 5.41 Å². The van der Waals surface area contributed by atoms with Gasteiger partial charge in [0.05, 0.1) is 17.7 Å². The van der Waals surface area contributed by atoms with Crippen molar-refractivity contribution in [3.05, 3.63) is 89.1 Å². The summed E-state index contributed by atoms with van der Waals surface area (Å²) >= 11 is 0. The first-order valence-corrected chi connectivity index (χ1v) is 14.7. The maximum absolute atomic E-state index is 13.3. The quantitative estimate of drug-likeness (QED) is 0.192. The lowest BCUT2D eigenvalue weighted by atomic mass is 9.84. The van der Waals surface area contributed by atoms with Crippen molar-refractivity contribution in [1.82, 2.24) is 4.98 Å². The molecule has 2 heterocycles. The van der Waals surface area contributed by atoms with Crippen LogP contribution in [0, 0.1) is 12.3 Å². The third-order valence-corrected chi connectivity index (χ3v) is 8.14. The third-order valence-electron chi connectivity index (χ3n) is 8.14. The second-order valence-corrected chi connectivity index (χ2v) is 12.2. The predicted octanol–water partition coefficient (Wildman–Crippen LogP) is 8.45. The Bertz CT molecular complexity index is 1910. The number of hydrogen-bond acceptors (Lipinski definition) is 6. The van der Waals surface area contributed by atoms with Crippen molar-refractivity contribution in [2.45, 2.75) is 52.7 Å². The van der Waals surface area contributed by atoms with Crippen LogP contribution in [0.3, 0.4) is 0 Å². The van der Waals surface area contributed by atoms with Crippen LogP contribution in [-0.4, -0.2) is 36.2 Å². The zero-order valence-electron chi connectivity index (χ0n) is 25.6. The topological polar surface area (TPSA) is 84.3 Å². The zero-order chi connectivity index (χ0) is 30.5. The number of ketones is 1. The number of carbonyl (C=O) groups is 1. The standard InChI is InChI=1S/C37H37N3O3/c1-21-17-26-18-24(25-8-11-30(39-6)27(19-25)20-38)7-9-28(26)34(32(21)36(22(2)41)43-37(3,4)5)29-10-12-31-33-23(14-16-42-31)13-15-40-35(29)33/h7-13,15,17-20,36,38-39H,14,16H2,1-6H3. The Morgan fingerprint density at radius 1 is 1.07 bits per heavy atom. The molecule has 6 heteroatoms. The number of nitrogens with zero attached hydrogens (tertiary/aromatic N) is 1. The van der Waals surface area contributed by atoms with Gasteiger partial charge in [-0.2, -0.15) is 0 Å². The molecule has 0 radical (unpaired) electrons. The summed E-state index contributed by atoms with van der Waals surface area (Å²) in [6.07, 6.45) is 3.32. The smallest absolute Gasteiger partial charge is 0.163 e. The number of nitrogens with one attached hydrogen (secondary N) is 2. The summed E-state index contributed by atoms with van der Waals surface area (Å²) in [6, 6.07) is 20.9. The summed E-state index contributed by atoms with van der Waals surface area (Å²) in [5.74, 6) is 0.799. The molecular weight excluding hydrogens is 534 g/mol. The minimum Gasteiger partial charge on any atom is -0.493 e. The van der Waals surface area contributed by atoms with Gasteiger partial charge in [-0.15, -0.1) is 0 Å². The molecule has 6 rings (SSSR count). The zero-order valence-corrected chi connectivity index (χ0v) is 25.6. The van der Waals surface area contributed by atoms with Gasteiger partial charge in [0.15, 0.2) is 5.78 Å². The monoisotopic (exact) mass is 571 g/mol. The number of rotatable bonds is 7. The average Bonchev–Trinajstić information content (AvgIpc) is 2.99. The maximum Gasteiger partial charge on any atom is 0.163 e. The second-order valence-electron chi connectivity index (χ2n) is 12.2. The highest BCUT2D eigenvalue weighted by Crippen LogP contribution is 2.45. The molecule has 218 valence electrons. The summed E-state index contributed by atoms with van der Waals surface area (Å²) in [5.41, 5.74) is 9.13. The molecule has 0 bridgehead atoms. The van der Waals surface area contributed by atoms with Gasteiger partial charge in [0, 0.05) is 48.1 Å². The lowest BCUT2D eigenvalue weighted by molar-refractivity contribution is -0.138. The van der Waals surface area contributed by atoms with E-state index in [2.05, 4.69) is 54.7 Å². The Morgan fingerprint density at radius 2 is 1.84 bits per heavy atom. The summed E-state index contributed by atoms with van der Waals surface area (Å²) < 4.78 is 12.5. The minimum atomic E-state index is -0.745. The van der Waals surface area contributed by atoms with Gasteiger partial charge in [0.1, 0.15) is 11.9 Å². The van der Waals surface area contributed by atoms with Crippen LogP contribution in [-0.2, 0) is 16.0 Å². The maximum atomic E-state index is 13.3. The molecule has 1 aliphatic heterocycles. The van der Waals surface area contributed by atoms with E-state index in [-0.39, 0.29) is 5.78 Å². The van der Waals surface area contributed by atoms with Crippen molar-refractivity contribution in [3.63, 3.8) is 0 Å². The molecule has 0 spiro atoms. The Balaban J connectivity index is 1.66. The first-order chi connectivity index (χ1) is 20.6. The van der Waals surface area contributed by atoms with E-state index in [1.807, 2.05) is 52.2 Å². The number of ether oxygens (including phenoxy) is 2. The summed E-state index contributed by atoms with van der Waals surface area (Å²) in [4.78, 5) is 18.2. The molecule has 0 aliphatic carbocycles. The lowest BCUT2D eigenvalue weighted by Crippen LogP contribution is -2.27. The van der Waals surface area contributed by atoms with E-state index in [0.717, 1.165) is 78.5 Å². The molecule has 1 aromatic heterocycles. The van der Waals surface area contributed by atoms with Crippen molar-refractivity contribution in [2.75, 3.05) is 19.0 Å². The van der Waals surface area contributed by atoms with Gasteiger partial charge < -0.3 is 20.2 Å². The SMILES string of the molecule is CNc1ccc(-c2ccc3c(-c4ccc5c6c(ccnc46)CCO5)c(C(OC(C)(C)C)C(C)=O)c(C)cc3c2)cc1C=N. The number of pyridine rings is 1. The van der Waals surface area contributed by atoms with Gasteiger partial charge in [-0.1, -0.05) is 24.3 Å². The predicted molar refractivity (Wildman–Crippen MR) is 176 cm³/mol. The number of aromatic nitrogens is 1. The fourth-order valence-corrected chi connectivity index (χ4v) is 6.26. The third kappa shape index (κ3) is 5.17. The van der Waals surface area contributed by atoms with E-state index >= 15 is 0 Å².